The van der Waals surface area contributed by atoms with Crippen LogP contribution in [0.25, 0.3) is 23.1 Å². The summed E-state index contributed by atoms with van der Waals surface area (Å²) >= 11 is 0. The standard InChI is InChI=1S/C21H18O5/c1-3-15-18(10-8-13-6-4-5-7-17(13)25-2)26-19-11-9-14(21(23)24)12-16(19)20(15)22/h4-12H,3H2,1-2H3,(H,23,24)/b10-8+. The summed E-state index contributed by atoms with van der Waals surface area (Å²) < 4.78 is 11.2. The molecule has 0 saturated carbocycles. The van der Waals surface area contributed by atoms with Crippen molar-refractivity contribution in [3.05, 3.63) is 75.1 Å². The van der Waals surface area contributed by atoms with E-state index in [1.807, 2.05) is 37.3 Å². The number of methoxy groups -OCH3 is 1. The highest BCUT2D eigenvalue weighted by Crippen LogP contribution is 2.23. The van der Waals surface area contributed by atoms with E-state index >= 15 is 0 Å². The molecule has 3 aromatic rings. The van der Waals surface area contributed by atoms with Gasteiger partial charge in [0.15, 0.2) is 5.43 Å². The van der Waals surface area contributed by atoms with E-state index in [4.69, 9.17) is 14.3 Å². The summed E-state index contributed by atoms with van der Waals surface area (Å²) in [4.78, 5) is 23.9. The van der Waals surface area contributed by atoms with Gasteiger partial charge in [0.05, 0.1) is 18.1 Å². The zero-order valence-corrected chi connectivity index (χ0v) is 14.5. The van der Waals surface area contributed by atoms with E-state index in [0.717, 1.165) is 11.3 Å². The molecule has 5 heteroatoms. The molecule has 0 unspecified atom stereocenters. The topological polar surface area (TPSA) is 76.7 Å². The first kappa shape index (κ1) is 17.5. The van der Waals surface area contributed by atoms with Crippen molar-refractivity contribution in [2.45, 2.75) is 13.3 Å². The summed E-state index contributed by atoms with van der Waals surface area (Å²) in [6, 6.07) is 11.8. The fraction of sp³-hybridized carbons (Fsp3) is 0.143. The molecule has 1 heterocycles. The molecule has 0 atom stereocenters. The second-order valence-corrected chi connectivity index (χ2v) is 5.72. The zero-order chi connectivity index (χ0) is 18.7. The van der Waals surface area contributed by atoms with Crippen molar-refractivity contribution >= 4 is 29.1 Å². The van der Waals surface area contributed by atoms with Gasteiger partial charge in [-0.3, -0.25) is 4.79 Å². The van der Waals surface area contributed by atoms with E-state index in [1.54, 1.807) is 13.2 Å². The maximum atomic E-state index is 12.8. The third-order valence-electron chi connectivity index (χ3n) is 4.17. The molecule has 0 bridgehead atoms. The van der Waals surface area contributed by atoms with Gasteiger partial charge in [0.2, 0.25) is 0 Å². The van der Waals surface area contributed by atoms with Crippen molar-refractivity contribution in [1.82, 2.24) is 0 Å². The van der Waals surface area contributed by atoms with E-state index in [9.17, 15) is 9.59 Å². The van der Waals surface area contributed by atoms with Crippen LogP contribution in [0.1, 0.15) is 34.2 Å². The van der Waals surface area contributed by atoms with E-state index in [1.165, 1.54) is 18.2 Å². The SMILES string of the molecule is CCc1c(/C=C/c2ccccc2OC)oc2ccc(C(=O)O)cc2c1=O. The number of aromatic carboxylic acids is 1. The number of carboxylic acid groups (broad SMARTS) is 1. The maximum absolute atomic E-state index is 12.8. The number of hydrogen-bond acceptors (Lipinski definition) is 4. The van der Waals surface area contributed by atoms with Crippen molar-refractivity contribution < 1.29 is 19.1 Å². The molecule has 26 heavy (non-hydrogen) atoms. The molecule has 1 aromatic heterocycles. The van der Waals surface area contributed by atoms with Gasteiger partial charge in [0.1, 0.15) is 17.1 Å². The van der Waals surface area contributed by atoms with Crippen LogP contribution in [0.5, 0.6) is 5.75 Å². The van der Waals surface area contributed by atoms with E-state index in [0.29, 0.717) is 23.3 Å². The van der Waals surface area contributed by atoms with Crippen LogP contribution >= 0.6 is 0 Å². The largest absolute Gasteiger partial charge is 0.496 e. The number of rotatable bonds is 5. The Labute approximate surface area is 150 Å². The predicted octanol–water partition coefficient (Wildman–Crippen LogP) is 4.23. The van der Waals surface area contributed by atoms with Gasteiger partial charge in [-0.05, 0) is 42.8 Å². The highest BCUT2D eigenvalue weighted by atomic mass is 16.5. The lowest BCUT2D eigenvalue weighted by Gasteiger charge is -2.07. The van der Waals surface area contributed by atoms with Crippen LogP contribution in [0.3, 0.4) is 0 Å². The second-order valence-electron chi connectivity index (χ2n) is 5.72. The molecule has 0 radical (unpaired) electrons. The second kappa shape index (κ2) is 7.27. The van der Waals surface area contributed by atoms with Gasteiger partial charge < -0.3 is 14.3 Å². The van der Waals surface area contributed by atoms with Crippen LogP contribution < -0.4 is 10.2 Å². The molecule has 132 valence electrons. The highest BCUT2D eigenvalue weighted by molar-refractivity contribution is 5.93. The third-order valence-corrected chi connectivity index (χ3v) is 4.17. The normalized spacial score (nSPS) is 11.2. The number of carbonyl (C=O) groups is 1. The lowest BCUT2D eigenvalue weighted by Crippen LogP contribution is -2.11. The van der Waals surface area contributed by atoms with Gasteiger partial charge in [-0.15, -0.1) is 0 Å². The third kappa shape index (κ3) is 3.24. The Hall–Kier alpha value is -3.34. The molecule has 0 spiro atoms. The Kier molecular flexibility index (Phi) is 4.89. The summed E-state index contributed by atoms with van der Waals surface area (Å²) in [7, 11) is 1.60. The molecule has 3 rings (SSSR count). The number of hydrogen-bond donors (Lipinski definition) is 1. The molecule has 0 amide bonds. The fourth-order valence-corrected chi connectivity index (χ4v) is 2.82. The van der Waals surface area contributed by atoms with Crippen molar-refractivity contribution in [2.24, 2.45) is 0 Å². The minimum absolute atomic E-state index is 0.0594. The van der Waals surface area contributed by atoms with Crippen molar-refractivity contribution in [2.75, 3.05) is 7.11 Å². The quantitative estimate of drug-likeness (QED) is 0.745. The molecular formula is C21H18O5. The van der Waals surface area contributed by atoms with Crippen molar-refractivity contribution in [1.29, 1.82) is 0 Å². The minimum Gasteiger partial charge on any atom is -0.496 e. The van der Waals surface area contributed by atoms with Crippen LogP contribution in [0.2, 0.25) is 0 Å². The zero-order valence-electron chi connectivity index (χ0n) is 14.5. The smallest absolute Gasteiger partial charge is 0.335 e. The van der Waals surface area contributed by atoms with Crippen molar-refractivity contribution in [3.63, 3.8) is 0 Å². The fourth-order valence-electron chi connectivity index (χ4n) is 2.82. The molecule has 0 aliphatic rings. The Balaban J connectivity index is 2.14. The maximum Gasteiger partial charge on any atom is 0.335 e. The predicted molar refractivity (Wildman–Crippen MR) is 101 cm³/mol. The summed E-state index contributed by atoms with van der Waals surface area (Å²) in [5.41, 5.74) is 1.57. The first-order valence-corrected chi connectivity index (χ1v) is 8.19. The summed E-state index contributed by atoms with van der Waals surface area (Å²) in [6.45, 7) is 1.86. The van der Waals surface area contributed by atoms with Gasteiger partial charge in [0.25, 0.3) is 0 Å². The molecule has 0 saturated heterocycles. The Bertz CT molecular complexity index is 1060. The number of ether oxygens (including phenoxy) is 1. The van der Waals surface area contributed by atoms with Crippen molar-refractivity contribution in [3.8, 4) is 5.75 Å². The molecule has 0 aliphatic carbocycles. The molecule has 0 fully saturated rings. The average Bonchev–Trinajstić information content (AvgIpc) is 2.66. The van der Waals surface area contributed by atoms with Crippen LogP contribution in [0, 0.1) is 0 Å². The Morgan fingerprint density at radius 1 is 1.19 bits per heavy atom. The molecule has 5 nitrogen and oxygen atoms in total. The minimum atomic E-state index is -1.08. The lowest BCUT2D eigenvalue weighted by atomic mass is 10.0. The lowest BCUT2D eigenvalue weighted by molar-refractivity contribution is 0.0697. The van der Waals surface area contributed by atoms with Crippen LogP contribution in [0.15, 0.2) is 51.7 Å². The number of fused-ring (bicyclic) bond motifs is 1. The average molecular weight is 350 g/mol. The summed E-state index contributed by atoms with van der Waals surface area (Å²) in [5, 5.41) is 9.39. The number of para-hydroxylation sites is 1. The highest BCUT2D eigenvalue weighted by Gasteiger charge is 2.13. The van der Waals surface area contributed by atoms with E-state index < -0.39 is 5.97 Å². The van der Waals surface area contributed by atoms with Crippen LogP contribution in [-0.2, 0) is 6.42 Å². The Morgan fingerprint density at radius 3 is 2.65 bits per heavy atom. The monoisotopic (exact) mass is 350 g/mol. The summed E-state index contributed by atoms with van der Waals surface area (Å²) in [5.74, 6) is 0.0968. The first-order chi connectivity index (χ1) is 12.5. The van der Waals surface area contributed by atoms with Gasteiger partial charge in [-0.2, -0.15) is 0 Å². The van der Waals surface area contributed by atoms with Crippen LogP contribution in [-0.4, -0.2) is 18.2 Å². The molecular weight excluding hydrogens is 332 g/mol. The molecule has 2 aromatic carbocycles. The molecule has 1 N–H and O–H groups in total. The van der Waals surface area contributed by atoms with Gasteiger partial charge in [-0.25, -0.2) is 4.79 Å². The van der Waals surface area contributed by atoms with Crippen LogP contribution in [0.4, 0.5) is 0 Å². The van der Waals surface area contributed by atoms with Gasteiger partial charge in [-0.1, -0.05) is 25.1 Å². The summed E-state index contributed by atoms with van der Waals surface area (Å²) in [6.07, 6.45) is 4.04. The molecule has 0 aliphatic heterocycles. The Morgan fingerprint density at radius 2 is 1.96 bits per heavy atom. The first-order valence-electron chi connectivity index (χ1n) is 8.19. The van der Waals surface area contributed by atoms with E-state index in [2.05, 4.69) is 0 Å². The van der Waals surface area contributed by atoms with E-state index in [-0.39, 0.29) is 16.4 Å². The van der Waals surface area contributed by atoms with Gasteiger partial charge in [0, 0.05) is 11.1 Å². The number of carboxylic acids is 1. The number of benzene rings is 2. The van der Waals surface area contributed by atoms with Gasteiger partial charge >= 0.3 is 5.97 Å².